The minimum Gasteiger partial charge on any atom is -0.493 e. The van der Waals surface area contributed by atoms with Crippen LogP contribution in [0.4, 0.5) is 18.9 Å². The Hall–Kier alpha value is -1.70. The second-order valence-corrected chi connectivity index (χ2v) is 12.5. The molecule has 0 amide bonds. The first-order chi connectivity index (χ1) is 10.9. The first-order valence-electron chi connectivity index (χ1n) is 7.78. The summed E-state index contributed by atoms with van der Waals surface area (Å²) in [5.41, 5.74) is 5.60. The Bertz CT molecular complexity index is 595. The van der Waals surface area contributed by atoms with Gasteiger partial charge < -0.3 is 15.8 Å². The van der Waals surface area contributed by atoms with Crippen molar-refractivity contribution >= 4 is 19.7 Å². The van der Waals surface area contributed by atoms with Gasteiger partial charge in [0, 0.05) is 20.8 Å². The molecule has 0 radical (unpaired) electrons. The summed E-state index contributed by atoms with van der Waals surface area (Å²) in [5.74, 6) is -0.0943. The number of ether oxygens (including phenoxy) is 1. The molecule has 3 N–H and O–H groups in total. The molecule has 0 aliphatic rings. The van der Waals surface area contributed by atoms with Gasteiger partial charge in [-0.1, -0.05) is 25.7 Å². The quantitative estimate of drug-likeness (QED) is 0.340. The predicted octanol–water partition coefficient (Wildman–Crippen LogP) is 4.48. The first kappa shape index (κ1) is 20.3. The van der Waals surface area contributed by atoms with Gasteiger partial charge in [-0.05, 0) is 31.0 Å². The van der Waals surface area contributed by atoms with E-state index in [1.165, 1.54) is 13.1 Å². The molecule has 0 aliphatic carbocycles. The van der Waals surface area contributed by atoms with E-state index in [4.69, 9.17) is 10.5 Å². The van der Waals surface area contributed by atoms with Crippen LogP contribution in [0.25, 0.3) is 0 Å². The fourth-order valence-electron chi connectivity index (χ4n) is 2.14. The Morgan fingerprint density at radius 1 is 1.29 bits per heavy atom. The molecule has 0 saturated heterocycles. The molecule has 1 aromatic rings. The lowest BCUT2D eigenvalue weighted by Crippen LogP contribution is -2.23. The van der Waals surface area contributed by atoms with Crippen molar-refractivity contribution in [2.24, 2.45) is 10.7 Å². The summed E-state index contributed by atoms with van der Waals surface area (Å²) < 4.78 is 45.4. The third-order valence-corrected chi connectivity index (χ3v) is 5.32. The number of nitrogens with one attached hydrogen (secondary N) is 1. The van der Waals surface area contributed by atoms with Crippen molar-refractivity contribution in [1.82, 2.24) is 0 Å². The van der Waals surface area contributed by atoms with Crippen molar-refractivity contribution in [3.05, 3.63) is 23.3 Å². The van der Waals surface area contributed by atoms with Crippen LogP contribution in [0.15, 0.2) is 17.1 Å². The zero-order valence-electron chi connectivity index (χ0n) is 14.8. The number of rotatable bonds is 6. The third-order valence-electron chi connectivity index (χ3n) is 3.46. The second-order valence-electron chi connectivity index (χ2n) is 6.91. The van der Waals surface area contributed by atoms with Crippen LogP contribution in [-0.2, 0) is 6.18 Å². The monoisotopic (exact) mass is 361 g/mol. The molecule has 24 heavy (non-hydrogen) atoms. The van der Waals surface area contributed by atoms with E-state index in [-0.39, 0.29) is 24.0 Å². The normalized spacial score (nSPS) is 13.1. The average Bonchev–Trinajstić information content (AvgIpc) is 2.43. The maximum absolute atomic E-state index is 13.3. The number of aliphatic imine (C=N–C) groups is 1. The van der Waals surface area contributed by atoms with Crippen molar-refractivity contribution in [2.45, 2.75) is 45.2 Å². The molecule has 0 saturated carbocycles. The van der Waals surface area contributed by atoms with E-state index in [0.717, 1.165) is 18.5 Å². The predicted molar refractivity (Wildman–Crippen MR) is 95.6 cm³/mol. The van der Waals surface area contributed by atoms with Crippen LogP contribution in [0.2, 0.25) is 25.7 Å². The van der Waals surface area contributed by atoms with E-state index in [9.17, 15) is 13.2 Å². The summed E-state index contributed by atoms with van der Waals surface area (Å²) in [6, 6.07) is 3.42. The Kier molecular flexibility index (Phi) is 6.71. The van der Waals surface area contributed by atoms with Crippen molar-refractivity contribution < 1.29 is 17.9 Å². The Balaban J connectivity index is 3.00. The van der Waals surface area contributed by atoms with E-state index >= 15 is 0 Å². The SMILES string of the molecule is CN=C(N)Nc1cc(C(F)(F)F)c(OCCC[Si](C)(C)C)cc1C. The highest BCUT2D eigenvalue weighted by molar-refractivity contribution is 6.76. The molecule has 136 valence electrons. The van der Waals surface area contributed by atoms with Crippen LogP contribution in [0.5, 0.6) is 5.75 Å². The summed E-state index contributed by atoms with van der Waals surface area (Å²) in [7, 11) is 0.229. The number of alkyl halides is 3. The molecule has 4 nitrogen and oxygen atoms in total. The molecular formula is C16H26F3N3OSi. The van der Waals surface area contributed by atoms with Gasteiger partial charge in [0.1, 0.15) is 5.75 Å². The van der Waals surface area contributed by atoms with Gasteiger partial charge in [0.15, 0.2) is 5.96 Å². The van der Waals surface area contributed by atoms with Gasteiger partial charge in [-0.2, -0.15) is 13.2 Å². The molecule has 8 heteroatoms. The summed E-state index contributed by atoms with van der Waals surface area (Å²) in [6.45, 7) is 8.63. The van der Waals surface area contributed by atoms with Gasteiger partial charge >= 0.3 is 6.18 Å². The van der Waals surface area contributed by atoms with Gasteiger partial charge in [-0.25, -0.2) is 0 Å². The van der Waals surface area contributed by atoms with Gasteiger partial charge in [-0.3, -0.25) is 4.99 Å². The molecule has 0 spiro atoms. The number of hydrogen-bond acceptors (Lipinski definition) is 2. The van der Waals surface area contributed by atoms with Crippen molar-refractivity contribution in [3.63, 3.8) is 0 Å². The average molecular weight is 361 g/mol. The lowest BCUT2D eigenvalue weighted by atomic mass is 10.1. The van der Waals surface area contributed by atoms with Gasteiger partial charge in [0.05, 0.1) is 12.2 Å². The zero-order valence-corrected chi connectivity index (χ0v) is 15.8. The van der Waals surface area contributed by atoms with Crippen LogP contribution in [0.1, 0.15) is 17.5 Å². The smallest absolute Gasteiger partial charge is 0.420 e. The molecule has 0 aromatic heterocycles. The van der Waals surface area contributed by atoms with Crippen LogP contribution >= 0.6 is 0 Å². The molecule has 0 unspecified atom stereocenters. The van der Waals surface area contributed by atoms with Gasteiger partial charge in [-0.15, -0.1) is 0 Å². The first-order valence-corrected chi connectivity index (χ1v) is 11.5. The lowest BCUT2D eigenvalue weighted by molar-refractivity contribution is -0.138. The minimum atomic E-state index is -4.50. The highest BCUT2D eigenvalue weighted by atomic mass is 28.3. The zero-order chi connectivity index (χ0) is 18.5. The summed E-state index contributed by atoms with van der Waals surface area (Å²) in [6.07, 6.45) is -3.75. The van der Waals surface area contributed by atoms with Crippen LogP contribution in [0.3, 0.4) is 0 Å². The number of nitrogens with two attached hydrogens (primary N) is 1. The van der Waals surface area contributed by atoms with E-state index in [2.05, 4.69) is 30.0 Å². The standard InChI is InChI=1S/C16H26F3N3OSi/c1-11-9-14(23-7-6-8-24(3,4)5)12(16(17,18)19)10-13(11)22-15(20)21-2/h9-10H,6-8H2,1-5H3,(H3,20,21,22). The summed E-state index contributed by atoms with van der Waals surface area (Å²) in [4.78, 5) is 3.70. The topological polar surface area (TPSA) is 59.6 Å². The van der Waals surface area contributed by atoms with Crippen molar-refractivity contribution in [3.8, 4) is 5.75 Å². The van der Waals surface area contributed by atoms with E-state index < -0.39 is 19.8 Å². The number of halogens is 3. The summed E-state index contributed by atoms with van der Waals surface area (Å²) >= 11 is 0. The van der Waals surface area contributed by atoms with Crippen molar-refractivity contribution in [2.75, 3.05) is 19.0 Å². The highest BCUT2D eigenvalue weighted by Crippen LogP contribution is 2.39. The van der Waals surface area contributed by atoms with Crippen LogP contribution < -0.4 is 15.8 Å². The largest absolute Gasteiger partial charge is 0.493 e. The van der Waals surface area contributed by atoms with Crippen molar-refractivity contribution in [1.29, 1.82) is 0 Å². The van der Waals surface area contributed by atoms with Crippen LogP contribution in [0, 0.1) is 6.92 Å². The maximum atomic E-state index is 13.3. The number of guanidine groups is 1. The van der Waals surface area contributed by atoms with E-state index in [0.29, 0.717) is 5.56 Å². The van der Waals surface area contributed by atoms with E-state index in [1.807, 2.05) is 0 Å². The maximum Gasteiger partial charge on any atom is 0.420 e. The fraction of sp³-hybridized carbons (Fsp3) is 0.562. The molecule has 0 atom stereocenters. The number of anilines is 1. The molecular weight excluding hydrogens is 335 g/mol. The van der Waals surface area contributed by atoms with E-state index in [1.54, 1.807) is 6.92 Å². The molecule has 0 bridgehead atoms. The number of benzene rings is 1. The minimum absolute atomic E-state index is 0.0510. The highest BCUT2D eigenvalue weighted by Gasteiger charge is 2.35. The Labute approximate surface area is 142 Å². The Morgan fingerprint density at radius 3 is 2.42 bits per heavy atom. The fourth-order valence-corrected chi connectivity index (χ4v) is 3.34. The molecule has 0 fully saturated rings. The Morgan fingerprint density at radius 2 is 1.92 bits per heavy atom. The lowest BCUT2D eigenvalue weighted by Gasteiger charge is -2.19. The number of nitrogens with zero attached hydrogens (tertiary/aromatic N) is 1. The molecule has 1 aromatic carbocycles. The third kappa shape index (κ3) is 6.43. The number of hydrogen-bond donors (Lipinski definition) is 2. The second kappa shape index (κ2) is 7.91. The van der Waals surface area contributed by atoms with Gasteiger partial charge in [0.2, 0.25) is 0 Å². The molecule has 0 aliphatic heterocycles. The van der Waals surface area contributed by atoms with Crippen LogP contribution in [-0.4, -0.2) is 27.7 Å². The molecule has 1 rings (SSSR count). The van der Waals surface area contributed by atoms with Gasteiger partial charge in [0.25, 0.3) is 0 Å². The summed E-state index contributed by atoms with van der Waals surface area (Å²) in [5, 5.41) is 2.66. The number of aryl methyl sites for hydroxylation is 1. The molecule has 0 heterocycles.